The summed E-state index contributed by atoms with van der Waals surface area (Å²) in [5.41, 5.74) is 0. The number of amides is 1. The molecule has 1 saturated carbocycles. The lowest BCUT2D eigenvalue weighted by atomic mass is 9.84. The minimum Gasteiger partial charge on any atom is -0.340 e. The third-order valence-corrected chi connectivity index (χ3v) is 4.00. The molecule has 4 heteroatoms. The van der Waals surface area contributed by atoms with Crippen LogP contribution in [0.25, 0.3) is 0 Å². The fourth-order valence-corrected chi connectivity index (χ4v) is 2.45. The average Bonchev–Trinajstić information content (AvgIpc) is 2.24. The average molecular weight is 239 g/mol. The minimum atomic E-state index is 0.364. The number of rotatable bonds is 4. The predicted octanol–water partition coefficient (Wildman–Crippen LogP) is 0.492. The van der Waals surface area contributed by atoms with Gasteiger partial charge in [-0.1, -0.05) is 6.42 Å². The van der Waals surface area contributed by atoms with Gasteiger partial charge in [0.15, 0.2) is 0 Å². The van der Waals surface area contributed by atoms with E-state index in [0.29, 0.717) is 11.8 Å². The normalized spacial score (nSPS) is 22.9. The van der Waals surface area contributed by atoms with Crippen LogP contribution in [0, 0.1) is 5.92 Å². The highest BCUT2D eigenvalue weighted by Gasteiger charge is 2.30. The van der Waals surface area contributed by atoms with Gasteiger partial charge in [-0.05, 0) is 26.9 Å². The Labute approximate surface area is 105 Å². The van der Waals surface area contributed by atoms with Crippen LogP contribution in [0.5, 0.6) is 0 Å². The zero-order chi connectivity index (χ0) is 12.3. The van der Waals surface area contributed by atoms with Gasteiger partial charge in [0.1, 0.15) is 0 Å². The summed E-state index contributed by atoms with van der Waals surface area (Å²) in [5.74, 6) is 0.784. The van der Waals surface area contributed by atoms with Crippen molar-refractivity contribution in [2.75, 3.05) is 53.4 Å². The molecule has 2 fully saturated rings. The quantitative estimate of drug-likeness (QED) is 0.714. The molecule has 0 atom stereocenters. The van der Waals surface area contributed by atoms with Crippen LogP contribution < -0.4 is 0 Å². The maximum Gasteiger partial charge on any atom is 0.225 e. The molecule has 0 unspecified atom stereocenters. The third kappa shape index (κ3) is 3.42. The zero-order valence-electron chi connectivity index (χ0n) is 11.2. The lowest BCUT2D eigenvalue weighted by Gasteiger charge is -2.38. The highest BCUT2D eigenvalue weighted by atomic mass is 16.2. The zero-order valence-corrected chi connectivity index (χ0v) is 11.2. The highest BCUT2D eigenvalue weighted by Crippen LogP contribution is 2.28. The van der Waals surface area contributed by atoms with Gasteiger partial charge >= 0.3 is 0 Å². The Hall–Kier alpha value is -0.610. The molecular weight excluding hydrogens is 214 g/mol. The Morgan fingerprint density at radius 2 is 1.82 bits per heavy atom. The molecule has 0 aromatic rings. The van der Waals surface area contributed by atoms with Crippen molar-refractivity contribution < 1.29 is 4.79 Å². The molecule has 0 radical (unpaired) electrons. The summed E-state index contributed by atoms with van der Waals surface area (Å²) in [6.07, 6.45) is 3.50. The van der Waals surface area contributed by atoms with Gasteiger partial charge in [-0.25, -0.2) is 0 Å². The van der Waals surface area contributed by atoms with Crippen molar-refractivity contribution in [3.05, 3.63) is 0 Å². The molecule has 1 amide bonds. The summed E-state index contributed by atoms with van der Waals surface area (Å²) < 4.78 is 0. The monoisotopic (exact) mass is 239 g/mol. The number of carbonyl (C=O) groups is 1. The number of hydrogen-bond donors (Lipinski definition) is 0. The molecule has 1 saturated heterocycles. The molecule has 0 bridgehead atoms. The topological polar surface area (TPSA) is 26.8 Å². The molecule has 1 heterocycles. The summed E-state index contributed by atoms with van der Waals surface area (Å²) in [6, 6.07) is 0. The van der Waals surface area contributed by atoms with Crippen LogP contribution in [-0.4, -0.2) is 74.0 Å². The smallest absolute Gasteiger partial charge is 0.225 e. The van der Waals surface area contributed by atoms with Crippen LogP contribution >= 0.6 is 0 Å². The molecule has 1 aliphatic heterocycles. The van der Waals surface area contributed by atoms with Gasteiger partial charge in [0.2, 0.25) is 5.91 Å². The summed E-state index contributed by atoms with van der Waals surface area (Å²) in [7, 11) is 4.22. The maximum atomic E-state index is 12.1. The molecule has 4 nitrogen and oxygen atoms in total. The minimum absolute atomic E-state index is 0.364. The van der Waals surface area contributed by atoms with Crippen LogP contribution in [0.1, 0.15) is 19.3 Å². The van der Waals surface area contributed by atoms with E-state index in [1.165, 1.54) is 6.42 Å². The molecule has 0 N–H and O–H groups in total. The Morgan fingerprint density at radius 1 is 1.18 bits per heavy atom. The van der Waals surface area contributed by atoms with Crippen molar-refractivity contribution >= 4 is 5.91 Å². The lowest BCUT2D eigenvalue weighted by Crippen LogP contribution is -2.52. The Bertz CT molecular complexity index is 255. The first-order chi connectivity index (χ1) is 8.16. The van der Waals surface area contributed by atoms with E-state index >= 15 is 0 Å². The van der Waals surface area contributed by atoms with Crippen molar-refractivity contribution in [2.24, 2.45) is 5.92 Å². The maximum absolute atomic E-state index is 12.1. The summed E-state index contributed by atoms with van der Waals surface area (Å²) >= 11 is 0. The molecule has 0 aromatic carbocycles. The van der Waals surface area contributed by atoms with Crippen molar-refractivity contribution in [2.45, 2.75) is 19.3 Å². The van der Waals surface area contributed by atoms with Gasteiger partial charge in [0.05, 0.1) is 0 Å². The number of carbonyl (C=O) groups excluding carboxylic acids is 1. The summed E-state index contributed by atoms with van der Waals surface area (Å²) in [6.45, 7) is 6.19. The van der Waals surface area contributed by atoms with E-state index in [1.54, 1.807) is 0 Å². The van der Waals surface area contributed by atoms with Crippen molar-refractivity contribution in [3.8, 4) is 0 Å². The second-order valence-electron chi connectivity index (χ2n) is 5.60. The van der Waals surface area contributed by atoms with Crippen LogP contribution in [0.2, 0.25) is 0 Å². The van der Waals surface area contributed by atoms with E-state index in [0.717, 1.165) is 52.1 Å². The first-order valence-corrected chi connectivity index (χ1v) is 6.82. The molecule has 0 spiro atoms. The molecule has 17 heavy (non-hydrogen) atoms. The van der Waals surface area contributed by atoms with Gasteiger partial charge in [-0.3, -0.25) is 9.69 Å². The van der Waals surface area contributed by atoms with Gasteiger partial charge in [-0.15, -0.1) is 0 Å². The van der Waals surface area contributed by atoms with E-state index < -0.39 is 0 Å². The Balaban J connectivity index is 1.68. The van der Waals surface area contributed by atoms with E-state index in [4.69, 9.17) is 0 Å². The third-order valence-electron chi connectivity index (χ3n) is 4.00. The molecule has 2 aliphatic rings. The van der Waals surface area contributed by atoms with E-state index in [-0.39, 0.29) is 0 Å². The number of nitrogens with zero attached hydrogens (tertiary/aromatic N) is 3. The largest absolute Gasteiger partial charge is 0.340 e. The molecule has 2 rings (SSSR count). The molecule has 1 aliphatic carbocycles. The van der Waals surface area contributed by atoms with E-state index in [2.05, 4.69) is 28.8 Å². The van der Waals surface area contributed by atoms with Gasteiger partial charge in [-0.2, -0.15) is 0 Å². The van der Waals surface area contributed by atoms with Crippen LogP contribution in [0.15, 0.2) is 0 Å². The standard InChI is InChI=1S/C13H25N3O/c1-14(2)6-7-15-8-10-16(11-9-15)13(17)12-4-3-5-12/h12H,3-11H2,1-2H3. The van der Waals surface area contributed by atoms with Crippen LogP contribution in [-0.2, 0) is 4.79 Å². The lowest BCUT2D eigenvalue weighted by molar-refractivity contribution is -0.139. The second-order valence-corrected chi connectivity index (χ2v) is 5.60. The van der Waals surface area contributed by atoms with Gasteiger partial charge < -0.3 is 9.80 Å². The van der Waals surface area contributed by atoms with Gasteiger partial charge in [0, 0.05) is 45.2 Å². The van der Waals surface area contributed by atoms with E-state index in [1.807, 2.05) is 0 Å². The first-order valence-electron chi connectivity index (χ1n) is 6.82. The number of likely N-dealkylation sites (N-methyl/N-ethyl adjacent to an activating group) is 1. The van der Waals surface area contributed by atoms with E-state index in [9.17, 15) is 4.79 Å². The summed E-state index contributed by atoms with van der Waals surface area (Å²) in [4.78, 5) is 18.8. The van der Waals surface area contributed by atoms with Crippen LogP contribution in [0.4, 0.5) is 0 Å². The molecule has 0 aromatic heterocycles. The first kappa shape index (κ1) is 12.8. The van der Waals surface area contributed by atoms with Crippen molar-refractivity contribution in [1.82, 2.24) is 14.7 Å². The second kappa shape index (κ2) is 5.83. The summed E-state index contributed by atoms with van der Waals surface area (Å²) in [5, 5.41) is 0. The predicted molar refractivity (Wildman–Crippen MR) is 68.9 cm³/mol. The van der Waals surface area contributed by atoms with Crippen LogP contribution in [0.3, 0.4) is 0 Å². The SMILES string of the molecule is CN(C)CCN1CCN(C(=O)C2CCC2)CC1. The van der Waals surface area contributed by atoms with Gasteiger partial charge in [0.25, 0.3) is 0 Å². The Morgan fingerprint density at radius 3 is 2.29 bits per heavy atom. The molecular formula is C13H25N3O. The molecule has 98 valence electrons. The van der Waals surface area contributed by atoms with Crippen molar-refractivity contribution in [1.29, 1.82) is 0 Å². The Kier molecular flexibility index (Phi) is 4.40. The fourth-order valence-electron chi connectivity index (χ4n) is 2.45. The highest BCUT2D eigenvalue weighted by molar-refractivity contribution is 5.79. The fraction of sp³-hybridized carbons (Fsp3) is 0.923. The van der Waals surface area contributed by atoms with Crippen molar-refractivity contribution in [3.63, 3.8) is 0 Å². The number of hydrogen-bond acceptors (Lipinski definition) is 3. The number of piperazine rings is 1.